The van der Waals surface area contributed by atoms with Crippen LogP contribution in [0.15, 0.2) is 67.3 Å². The molecule has 2 N–H and O–H groups in total. The third-order valence-electron chi connectivity index (χ3n) is 6.20. The lowest BCUT2D eigenvalue weighted by atomic mass is 10.1. The van der Waals surface area contributed by atoms with Crippen LogP contribution < -0.4 is 15.2 Å². The van der Waals surface area contributed by atoms with Crippen LogP contribution in [0.25, 0.3) is 22.3 Å². The van der Waals surface area contributed by atoms with Crippen molar-refractivity contribution in [3.05, 3.63) is 67.3 Å². The first-order valence-electron chi connectivity index (χ1n) is 11.5. The number of carbonyl (C=O) groups is 1. The quantitative estimate of drug-likeness (QED) is 0.398. The summed E-state index contributed by atoms with van der Waals surface area (Å²) in [6.07, 6.45) is 2.86. The predicted octanol–water partition coefficient (Wildman–Crippen LogP) is 4.52. The van der Waals surface area contributed by atoms with Crippen molar-refractivity contribution < 1.29 is 18.7 Å². The summed E-state index contributed by atoms with van der Waals surface area (Å²) in [5, 5.41) is 5.47. The van der Waals surface area contributed by atoms with Crippen LogP contribution in [0.4, 0.5) is 10.2 Å². The van der Waals surface area contributed by atoms with Gasteiger partial charge in [0.1, 0.15) is 35.1 Å². The third-order valence-corrected chi connectivity index (χ3v) is 6.20. The van der Waals surface area contributed by atoms with Crippen LogP contribution in [0.2, 0.25) is 0 Å². The number of amides is 1. The van der Waals surface area contributed by atoms with E-state index in [0.717, 1.165) is 17.7 Å². The molecule has 0 saturated carbocycles. The van der Waals surface area contributed by atoms with Crippen LogP contribution in [0, 0.1) is 0 Å². The number of rotatable bonds is 6. The average molecular weight is 489 g/mol. The molecule has 9 nitrogen and oxygen atoms in total. The molecular formula is C26H25FN6O3. The molecule has 184 valence electrons. The van der Waals surface area contributed by atoms with Crippen LogP contribution in [0.5, 0.6) is 17.2 Å². The van der Waals surface area contributed by atoms with Crippen molar-refractivity contribution in [2.24, 2.45) is 0 Å². The normalized spacial score (nSPS) is 15.6. The highest BCUT2D eigenvalue weighted by Crippen LogP contribution is 2.35. The highest BCUT2D eigenvalue weighted by molar-refractivity contribution is 5.98. The summed E-state index contributed by atoms with van der Waals surface area (Å²) in [5.74, 6) is 0.733. The monoisotopic (exact) mass is 488 g/mol. The fourth-order valence-corrected chi connectivity index (χ4v) is 4.42. The number of benzene rings is 2. The fraction of sp³-hybridized carbons (Fsp3) is 0.231. The number of nitrogens with two attached hydrogens (primary N) is 1. The number of aromatic nitrogens is 4. The van der Waals surface area contributed by atoms with Crippen molar-refractivity contribution in [1.82, 2.24) is 24.6 Å². The Kier molecular flexibility index (Phi) is 6.24. The molecule has 4 aromatic rings. The first-order chi connectivity index (χ1) is 17.4. The number of fused-ring (bicyclic) bond motifs is 1. The lowest BCUT2D eigenvalue weighted by molar-refractivity contribution is -0.130. The number of likely N-dealkylation sites (tertiary alicyclic amines) is 1. The van der Waals surface area contributed by atoms with Gasteiger partial charge in [-0.15, -0.1) is 0 Å². The number of ether oxygens (including phenoxy) is 2. The Morgan fingerprint density at radius 1 is 1.08 bits per heavy atom. The second-order valence-corrected chi connectivity index (χ2v) is 8.50. The van der Waals surface area contributed by atoms with Gasteiger partial charge < -0.3 is 20.1 Å². The van der Waals surface area contributed by atoms with Crippen molar-refractivity contribution in [3.8, 4) is 28.5 Å². The van der Waals surface area contributed by atoms with Gasteiger partial charge in [-0.2, -0.15) is 5.10 Å². The molecule has 1 amide bonds. The van der Waals surface area contributed by atoms with Crippen LogP contribution in [0.3, 0.4) is 0 Å². The van der Waals surface area contributed by atoms with E-state index in [2.05, 4.69) is 16.5 Å². The van der Waals surface area contributed by atoms with E-state index >= 15 is 0 Å². The van der Waals surface area contributed by atoms with Gasteiger partial charge in [0.15, 0.2) is 11.5 Å². The number of methoxy groups -OCH3 is 1. The van der Waals surface area contributed by atoms with E-state index in [4.69, 9.17) is 20.3 Å². The Labute approximate surface area is 207 Å². The molecular weight excluding hydrogens is 463 g/mol. The van der Waals surface area contributed by atoms with Crippen molar-refractivity contribution in [2.75, 3.05) is 25.9 Å². The fourth-order valence-electron chi connectivity index (χ4n) is 4.42. The molecule has 1 saturated heterocycles. The van der Waals surface area contributed by atoms with Gasteiger partial charge in [0.2, 0.25) is 0 Å². The van der Waals surface area contributed by atoms with Crippen LogP contribution in [-0.2, 0) is 4.79 Å². The van der Waals surface area contributed by atoms with E-state index in [0.29, 0.717) is 53.6 Å². The maximum absolute atomic E-state index is 13.5. The Balaban J connectivity index is 1.45. The van der Waals surface area contributed by atoms with E-state index in [1.54, 1.807) is 11.8 Å². The summed E-state index contributed by atoms with van der Waals surface area (Å²) in [6, 6.07) is 14.6. The molecule has 1 aliphatic rings. The molecule has 1 unspecified atom stereocenters. The van der Waals surface area contributed by atoms with Gasteiger partial charge in [-0.25, -0.2) is 19.0 Å². The van der Waals surface area contributed by atoms with Gasteiger partial charge in [-0.3, -0.25) is 4.79 Å². The van der Waals surface area contributed by atoms with Gasteiger partial charge >= 0.3 is 0 Å². The lowest BCUT2D eigenvalue weighted by Gasteiger charge is -2.32. The largest absolute Gasteiger partial charge is 0.497 e. The van der Waals surface area contributed by atoms with Gasteiger partial charge in [0.05, 0.1) is 18.5 Å². The second-order valence-electron chi connectivity index (χ2n) is 8.50. The van der Waals surface area contributed by atoms with E-state index in [9.17, 15) is 9.18 Å². The number of anilines is 1. The minimum atomic E-state index is -0.967. The number of nitrogens with zero attached hydrogens (tertiary/aromatic N) is 5. The molecule has 1 fully saturated rings. The van der Waals surface area contributed by atoms with Crippen molar-refractivity contribution in [2.45, 2.75) is 18.9 Å². The molecule has 0 bridgehead atoms. The zero-order valence-corrected chi connectivity index (χ0v) is 19.7. The number of piperidine rings is 1. The molecule has 0 radical (unpaired) electrons. The average Bonchev–Trinajstić information content (AvgIpc) is 3.30. The van der Waals surface area contributed by atoms with Gasteiger partial charge in [-0.05, 0) is 61.4 Å². The molecule has 10 heteroatoms. The SMILES string of the molecule is C=C(F)C(=O)N1CCCC(n2nc(-c3ccc(Oc4ccc(OC)cc4)cc3)c3c(N)ncnc32)C1. The zero-order valence-electron chi connectivity index (χ0n) is 19.7. The second kappa shape index (κ2) is 9.65. The Morgan fingerprint density at radius 2 is 1.75 bits per heavy atom. The first kappa shape index (κ1) is 23.3. The molecule has 5 rings (SSSR count). The highest BCUT2D eigenvalue weighted by Gasteiger charge is 2.29. The van der Waals surface area contributed by atoms with Crippen molar-refractivity contribution >= 4 is 22.8 Å². The number of hydrogen-bond acceptors (Lipinski definition) is 7. The van der Waals surface area contributed by atoms with E-state index in [1.165, 1.54) is 11.2 Å². The lowest BCUT2D eigenvalue weighted by Crippen LogP contribution is -2.41. The minimum Gasteiger partial charge on any atom is -0.497 e. The summed E-state index contributed by atoms with van der Waals surface area (Å²) < 4.78 is 26.4. The molecule has 1 aliphatic heterocycles. The Bertz CT molecular complexity index is 1420. The Hall–Kier alpha value is -4.47. The first-order valence-corrected chi connectivity index (χ1v) is 11.5. The van der Waals surface area contributed by atoms with Crippen LogP contribution in [-0.4, -0.2) is 50.8 Å². The summed E-state index contributed by atoms with van der Waals surface area (Å²) in [4.78, 5) is 22.2. The van der Waals surface area contributed by atoms with E-state index < -0.39 is 11.7 Å². The summed E-state index contributed by atoms with van der Waals surface area (Å²) >= 11 is 0. The molecule has 2 aromatic carbocycles. The van der Waals surface area contributed by atoms with E-state index in [-0.39, 0.29) is 6.04 Å². The topological polar surface area (TPSA) is 108 Å². The smallest absolute Gasteiger partial charge is 0.282 e. The maximum Gasteiger partial charge on any atom is 0.282 e. The number of nitrogen functional groups attached to an aromatic ring is 1. The number of halogens is 1. The maximum atomic E-state index is 13.5. The van der Waals surface area contributed by atoms with Gasteiger partial charge in [0, 0.05) is 18.7 Å². The molecule has 1 atom stereocenters. The Morgan fingerprint density at radius 3 is 2.42 bits per heavy atom. The molecule has 36 heavy (non-hydrogen) atoms. The molecule has 0 aliphatic carbocycles. The summed E-state index contributed by atoms with van der Waals surface area (Å²) in [5.41, 5.74) is 8.24. The molecule has 3 heterocycles. The van der Waals surface area contributed by atoms with Gasteiger partial charge in [-0.1, -0.05) is 6.58 Å². The minimum absolute atomic E-state index is 0.190. The van der Waals surface area contributed by atoms with Crippen molar-refractivity contribution in [1.29, 1.82) is 0 Å². The van der Waals surface area contributed by atoms with Crippen molar-refractivity contribution in [3.63, 3.8) is 0 Å². The van der Waals surface area contributed by atoms with Crippen LogP contribution in [0.1, 0.15) is 18.9 Å². The summed E-state index contributed by atoms with van der Waals surface area (Å²) in [7, 11) is 1.61. The highest BCUT2D eigenvalue weighted by atomic mass is 19.1. The van der Waals surface area contributed by atoms with E-state index in [1.807, 2.05) is 48.5 Å². The number of carbonyl (C=O) groups excluding carboxylic acids is 1. The molecule has 2 aromatic heterocycles. The van der Waals surface area contributed by atoms with Gasteiger partial charge in [0.25, 0.3) is 5.91 Å². The third kappa shape index (κ3) is 4.45. The molecule has 0 spiro atoms. The number of hydrogen-bond donors (Lipinski definition) is 1. The standard InChI is InChI=1S/C26H25FN6O3/c1-16(27)26(34)32-13-3-4-18(14-32)33-25-22(24(28)29-15-30-25)23(31-33)17-5-7-20(8-6-17)36-21-11-9-19(35-2)10-12-21/h5-12,15,18H,1,3-4,13-14H2,2H3,(H2,28,29,30). The predicted molar refractivity (Wildman–Crippen MR) is 133 cm³/mol. The van der Waals surface area contributed by atoms with Crippen LogP contribution >= 0.6 is 0 Å². The summed E-state index contributed by atoms with van der Waals surface area (Å²) in [6.45, 7) is 3.91. The zero-order chi connectivity index (χ0) is 25.2.